The molecule has 0 fully saturated rings. The largest absolute Gasteiger partial charge is 0.416 e. The second kappa shape index (κ2) is 8.15. The minimum Gasteiger partial charge on any atom is -0.366 e. The standard InChI is InChI=1S/C17H9Cl2F3N2O.C2H6/c18-13-6-11(8-1-3-10(4-2-8)17(20,21)22)15-12(14(13)19)5-9(7-24-15)16(23)25;1-2/h1-7H,(H2,23,25);1-2H3. The van der Waals surface area contributed by atoms with Crippen LogP contribution < -0.4 is 5.73 Å². The Morgan fingerprint density at radius 3 is 2.19 bits per heavy atom. The van der Waals surface area contributed by atoms with Gasteiger partial charge >= 0.3 is 6.18 Å². The molecule has 1 heterocycles. The molecule has 0 aliphatic heterocycles. The summed E-state index contributed by atoms with van der Waals surface area (Å²) < 4.78 is 38.2. The van der Waals surface area contributed by atoms with Crippen LogP contribution in [0, 0.1) is 0 Å². The maximum atomic E-state index is 12.7. The van der Waals surface area contributed by atoms with Crippen molar-refractivity contribution in [3.05, 3.63) is 63.8 Å². The van der Waals surface area contributed by atoms with Gasteiger partial charge in [0.2, 0.25) is 5.91 Å². The van der Waals surface area contributed by atoms with Crippen LogP contribution in [-0.4, -0.2) is 10.9 Å². The number of amides is 1. The van der Waals surface area contributed by atoms with Crippen molar-refractivity contribution in [2.45, 2.75) is 20.0 Å². The van der Waals surface area contributed by atoms with Gasteiger partial charge in [0.25, 0.3) is 0 Å². The molecule has 2 N–H and O–H groups in total. The number of halogens is 5. The molecule has 0 spiro atoms. The van der Waals surface area contributed by atoms with Gasteiger partial charge < -0.3 is 5.73 Å². The summed E-state index contributed by atoms with van der Waals surface area (Å²) in [6.07, 6.45) is -3.14. The summed E-state index contributed by atoms with van der Waals surface area (Å²) in [5.74, 6) is -0.679. The van der Waals surface area contributed by atoms with Gasteiger partial charge in [0, 0.05) is 17.1 Å². The van der Waals surface area contributed by atoms with E-state index in [-0.39, 0.29) is 15.6 Å². The zero-order valence-corrected chi connectivity index (χ0v) is 15.9. The van der Waals surface area contributed by atoms with Gasteiger partial charge in [-0.25, -0.2) is 0 Å². The van der Waals surface area contributed by atoms with Crippen LogP contribution in [0.4, 0.5) is 13.2 Å². The van der Waals surface area contributed by atoms with Gasteiger partial charge in [0.15, 0.2) is 0 Å². The lowest BCUT2D eigenvalue weighted by Crippen LogP contribution is -2.11. The van der Waals surface area contributed by atoms with E-state index in [9.17, 15) is 18.0 Å². The summed E-state index contributed by atoms with van der Waals surface area (Å²) in [7, 11) is 0. The molecule has 3 rings (SSSR count). The predicted molar refractivity (Wildman–Crippen MR) is 102 cm³/mol. The molecule has 0 saturated heterocycles. The molecule has 142 valence electrons. The molecule has 0 aliphatic rings. The van der Waals surface area contributed by atoms with Gasteiger partial charge in [0.05, 0.1) is 26.7 Å². The van der Waals surface area contributed by atoms with E-state index in [1.54, 1.807) is 0 Å². The monoisotopic (exact) mass is 414 g/mol. The summed E-state index contributed by atoms with van der Waals surface area (Å²) in [4.78, 5) is 15.5. The number of nitrogens with two attached hydrogens (primary N) is 1. The molecule has 0 unspecified atom stereocenters. The van der Waals surface area contributed by atoms with E-state index in [0.29, 0.717) is 22.0 Å². The van der Waals surface area contributed by atoms with E-state index in [0.717, 1.165) is 12.1 Å². The average Bonchev–Trinajstić information content (AvgIpc) is 2.65. The number of rotatable bonds is 2. The second-order valence-electron chi connectivity index (χ2n) is 5.28. The zero-order valence-electron chi connectivity index (χ0n) is 14.4. The van der Waals surface area contributed by atoms with E-state index < -0.39 is 17.6 Å². The van der Waals surface area contributed by atoms with Crippen molar-refractivity contribution in [3.63, 3.8) is 0 Å². The molecule has 1 amide bonds. The highest BCUT2D eigenvalue weighted by Crippen LogP contribution is 2.38. The van der Waals surface area contributed by atoms with Crippen LogP contribution >= 0.6 is 23.2 Å². The molecule has 0 saturated carbocycles. The number of carbonyl (C=O) groups excluding carboxylic acids is 1. The number of pyridine rings is 1. The Morgan fingerprint density at radius 2 is 1.67 bits per heavy atom. The molecule has 0 bridgehead atoms. The number of primary amides is 1. The Kier molecular flexibility index (Phi) is 6.34. The SMILES string of the molecule is CC.NC(=O)c1cnc2c(-c3ccc(C(F)(F)F)cc3)cc(Cl)c(Cl)c2c1. The topological polar surface area (TPSA) is 56.0 Å². The molecule has 2 aromatic carbocycles. The summed E-state index contributed by atoms with van der Waals surface area (Å²) in [5.41, 5.74) is 6.01. The summed E-state index contributed by atoms with van der Waals surface area (Å²) >= 11 is 12.3. The van der Waals surface area contributed by atoms with Crippen molar-refractivity contribution < 1.29 is 18.0 Å². The fourth-order valence-electron chi connectivity index (χ4n) is 2.43. The number of nitrogens with zero attached hydrogens (tertiary/aromatic N) is 1. The normalized spacial score (nSPS) is 11.1. The van der Waals surface area contributed by atoms with E-state index in [1.165, 1.54) is 30.5 Å². The summed E-state index contributed by atoms with van der Waals surface area (Å²) in [6.45, 7) is 4.00. The lowest BCUT2D eigenvalue weighted by molar-refractivity contribution is -0.137. The van der Waals surface area contributed by atoms with E-state index >= 15 is 0 Å². The Bertz CT molecular complexity index is 987. The highest BCUT2D eigenvalue weighted by molar-refractivity contribution is 6.45. The Labute approximate surface area is 163 Å². The molecule has 3 nitrogen and oxygen atoms in total. The van der Waals surface area contributed by atoms with Crippen molar-refractivity contribution in [1.82, 2.24) is 4.98 Å². The number of alkyl halides is 3. The van der Waals surface area contributed by atoms with Crippen molar-refractivity contribution >= 4 is 40.0 Å². The highest BCUT2D eigenvalue weighted by Gasteiger charge is 2.30. The Balaban J connectivity index is 0.00000126. The molecule has 1 aromatic heterocycles. The van der Waals surface area contributed by atoms with Crippen LogP contribution in [0.25, 0.3) is 22.0 Å². The van der Waals surface area contributed by atoms with Crippen molar-refractivity contribution in [2.24, 2.45) is 5.73 Å². The molecule has 8 heteroatoms. The van der Waals surface area contributed by atoms with Gasteiger partial charge in [-0.05, 0) is 29.8 Å². The maximum absolute atomic E-state index is 12.7. The molecule has 0 radical (unpaired) electrons. The van der Waals surface area contributed by atoms with Crippen molar-refractivity contribution in [3.8, 4) is 11.1 Å². The minimum atomic E-state index is -4.42. The number of fused-ring (bicyclic) bond motifs is 1. The number of benzene rings is 2. The number of aromatic nitrogens is 1. The fraction of sp³-hybridized carbons (Fsp3) is 0.158. The van der Waals surface area contributed by atoms with Crippen LogP contribution in [0.2, 0.25) is 10.0 Å². The lowest BCUT2D eigenvalue weighted by Gasteiger charge is -2.12. The molecular formula is C19H15Cl2F3N2O. The van der Waals surface area contributed by atoms with Crippen LogP contribution in [0.5, 0.6) is 0 Å². The first-order valence-corrected chi connectivity index (χ1v) is 8.69. The van der Waals surface area contributed by atoms with Crippen LogP contribution in [0.3, 0.4) is 0 Å². The van der Waals surface area contributed by atoms with Crippen LogP contribution in [0.15, 0.2) is 42.6 Å². The van der Waals surface area contributed by atoms with Crippen molar-refractivity contribution in [2.75, 3.05) is 0 Å². The third-order valence-corrected chi connectivity index (χ3v) is 4.47. The van der Waals surface area contributed by atoms with Crippen LogP contribution in [-0.2, 0) is 6.18 Å². The molecular weight excluding hydrogens is 400 g/mol. The highest BCUT2D eigenvalue weighted by atomic mass is 35.5. The Morgan fingerprint density at radius 1 is 1.07 bits per heavy atom. The lowest BCUT2D eigenvalue weighted by atomic mass is 10.00. The van der Waals surface area contributed by atoms with Gasteiger partial charge in [-0.3, -0.25) is 9.78 Å². The third-order valence-electron chi connectivity index (χ3n) is 3.67. The third kappa shape index (κ3) is 4.34. The van der Waals surface area contributed by atoms with Gasteiger partial charge in [-0.1, -0.05) is 49.2 Å². The van der Waals surface area contributed by atoms with Gasteiger partial charge in [-0.15, -0.1) is 0 Å². The Hall–Kier alpha value is -2.31. The van der Waals surface area contributed by atoms with Gasteiger partial charge in [0.1, 0.15) is 0 Å². The minimum absolute atomic E-state index is 0.148. The first-order valence-electron chi connectivity index (χ1n) is 7.93. The first-order chi connectivity index (χ1) is 12.7. The van der Waals surface area contributed by atoms with Gasteiger partial charge in [-0.2, -0.15) is 13.2 Å². The fourth-order valence-corrected chi connectivity index (χ4v) is 2.84. The molecule has 3 aromatic rings. The zero-order chi connectivity index (χ0) is 20.4. The quantitative estimate of drug-likeness (QED) is 0.530. The molecule has 27 heavy (non-hydrogen) atoms. The second-order valence-corrected chi connectivity index (χ2v) is 6.06. The maximum Gasteiger partial charge on any atom is 0.416 e. The smallest absolute Gasteiger partial charge is 0.366 e. The molecule has 0 atom stereocenters. The summed E-state index contributed by atoms with van der Waals surface area (Å²) in [6, 6.07) is 7.57. The number of hydrogen-bond donors (Lipinski definition) is 1. The average molecular weight is 415 g/mol. The number of carbonyl (C=O) groups is 1. The van der Waals surface area contributed by atoms with E-state index in [4.69, 9.17) is 28.9 Å². The molecule has 0 aliphatic carbocycles. The van der Waals surface area contributed by atoms with Crippen LogP contribution in [0.1, 0.15) is 29.8 Å². The number of hydrogen-bond acceptors (Lipinski definition) is 2. The first kappa shape index (κ1) is 21.0. The van der Waals surface area contributed by atoms with E-state index in [1.807, 2.05) is 13.8 Å². The summed E-state index contributed by atoms with van der Waals surface area (Å²) in [5, 5.41) is 0.760. The van der Waals surface area contributed by atoms with Crippen molar-refractivity contribution in [1.29, 1.82) is 0 Å². The van der Waals surface area contributed by atoms with E-state index in [2.05, 4.69) is 4.98 Å². The predicted octanol–water partition coefficient (Wildman–Crippen LogP) is 6.35.